The summed E-state index contributed by atoms with van der Waals surface area (Å²) in [6, 6.07) is 11.3. The lowest BCUT2D eigenvalue weighted by Crippen LogP contribution is -2.27. The van der Waals surface area contributed by atoms with E-state index < -0.39 is 17.3 Å². The van der Waals surface area contributed by atoms with Crippen LogP contribution in [0.1, 0.15) is 0 Å². The van der Waals surface area contributed by atoms with Gasteiger partial charge in [0.25, 0.3) is 5.56 Å². The van der Waals surface area contributed by atoms with E-state index >= 15 is 0 Å². The maximum Gasteiger partial charge on any atom is 0.261 e. The molecule has 1 N–H and O–H groups in total. The Morgan fingerprint density at radius 3 is 2.88 bits per heavy atom. The summed E-state index contributed by atoms with van der Waals surface area (Å²) in [6.07, 6.45) is 1.28. The summed E-state index contributed by atoms with van der Waals surface area (Å²) in [5.74, 6) is -0.929. The zero-order valence-corrected chi connectivity index (χ0v) is 13.6. The van der Waals surface area contributed by atoms with E-state index in [-0.39, 0.29) is 11.9 Å². The molecular weight excluding hydrogens is 343 g/mol. The van der Waals surface area contributed by atoms with Crippen LogP contribution in [-0.4, -0.2) is 20.4 Å². The van der Waals surface area contributed by atoms with Crippen LogP contribution >= 0.6 is 11.3 Å². The van der Waals surface area contributed by atoms with Crippen LogP contribution in [0.25, 0.3) is 21.1 Å². The summed E-state index contributed by atoms with van der Waals surface area (Å²) in [5.41, 5.74) is 0.709. The van der Waals surface area contributed by atoms with Crippen molar-refractivity contribution in [2.45, 2.75) is 6.54 Å². The van der Waals surface area contributed by atoms with Crippen LogP contribution in [0.4, 0.5) is 9.52 Å². The highest BCUT2D eigenvalue weighted by Crippen LogP contribution is 2.25. The average Bonchev–Trinajstić information content (AvgIpc) is 3.00. The van der Waals surface area contributed by atoms with E-state index in [4.69, 9.17) is 0 Å². The second kappa shape index (κ2) is 6.06. The molecule has 2 aromatic carbocycles. The Morgan fingerprint density at radius 1 is 1.20 bits per heavy atom. The predicted molar refractivity (Wildman–Crippen MR) is 94.2 cm³/mol. The lowest BCUT2D eigenvalue weighted by Gasteiger charge is -2.06. The Kier molecular flexibility index (Phi) is 3.73. The highest BCUT2D eigenvalue weighted by Gasteiger charge is 2.11. The molecule has 25 heavy (non-hydrogen) atoms. The number of rotatable bonds is 3. The van der Waals surface area contributed by atoms with Crippen LogP contribution in [-0.2, 0) is 11.3 Å². The Hall–Kier alpha value is -3.13. The number of thiazole rings is 1. The van der Waals surface area contributed by atoms with Crippen molar-refractivity contribution in [1.29, 1.82) is 0 Å². The van der Waals surface area contributed by atoms with E-state index in [1.54, 1.807) is 0 Å². The largest absolute Gasteiger partial charge is 0.300 e. The number of carbonyl (C=O) groups excluding carboxylic acids is 1. The molecule has 4 rings (SSSR count). The fourth-order valence-corrected chi connectivity index (χ4v) is 3.37. The number of benzene rings is 2. The van der Waals surface area contributed by atoms with Gasteiger partial charge in [0.2, 0.25) is 5.91 Å². The third kappa shape index (κ3) is 2.99. The molecule has 0 fully saturated rings. The number of aromatic nitrogens is 3. The Bertz CT molecular complexity index is 1140. The number of carbonyl (C=O) groups is 1. The molecule has 0 bridgehead atoms. The molecule has 0 atom stereocenters. The first-order valence-electron chi connectivity index (χ1n) is 7.40. The molecule has 0 unspecified atom stereocenters. The molecule has 4 aromatic rings. The van der Waals surface area contributed by atoms with E-state index in [2.05, 4.69) is 15.3 Å². The van der Waals surface area contributed by atoms with E-state index in [9.17, 15) is 14.0 Å². The number of nitrogens with zero attached hydrogens (tertiary/aromatic N) is 3. The molecular formula is C17H11FN4O2S. The van der Waals surface area contributed by atoms with Crippen molar-refractivity contribution in [1.82, 2.24) is 14.5 Å². The van der Waals surface area contributed by atoms with Crippen molar-refractivity contribution in [2.75, 3.05) is 5.32 Å². The van der Waals surface area contributed by atoms with Crippen molar-refractivity contribution >= 4 is 43.5 Å². The molecule has 2 aromatic heterocycles. The van der Waals surface area contributed by atoms with E-state index in [0.29, 0.717) is 10.6 Å². The lowest BCUT2D eigenvalue weighted by atomic mass is 10.2. The third-order valence-electron chi connectivity index (χ3n) is 3.64. The fourth-order valence-electron chi connectivity index (χ4n) is 2.48. The standard InChI is InChI=1S/C17H11FN4O2S/c18-10-5-6-12-11(7-10)16(24)22(9-19-12)8-15(23)21-17-20-13-3-1-2-4-14(13)25-17/h1-7,9H,8H2,(H,20,21,23). The first-order chi connectivity index (χ1) is 12.1. The zero-order valence-electron chi connectivity index (χ0n) is 12.8. The second-order valence-electron chi connectivity index (χ2n) is 5.37. The van der Waals surface area contributed by atoms with Gasteiger partial charge in [-0.15, -0.1) is 0 Å². The quantitative estimate of drug-likeness (QED) is 0.614. The molecule has 1 amide bonds. The monoisotopic (exact) mass is 354 g/mol. The number of amides is 1. The van der Waals surface area contributed by atoms with E-state index in [0.717, 1.165) is 20.9 Å². The van der Waals surface area contributed by atoms with Gasteiger partial charge in [0.15, 0.2) is 5.13 Å². The van der Waals surface area contributed by atoms with Gasteiger partial charge in [0, 0.05) is 0 Å². The van der Waals surface area contributed by atoms with Crippen molar-refractivity contribution in [2.24, 2.45) is 0 Å². The molecule has 6 nitrogen and oxygen atoms in total. The van der Waals surface area contributed by atoms with Crippen LogP contribution in [0.5, 0.6) is 0 Å². The minimum atomic E-state index is -0.525. The van der Waals surface area contributed by atoms with Crippen LogP contribution in [0.3, 0.4) is 0 Å². The van der Waals surface area contributed by atoms with Gasteiger partial charge in [0.05, 0.1) is 27.4 Å². The Morgan fingerprint density at radius 2 is 2.04 bits per heavy atom. The van der Waals surface area contributed by atoms with Gasteiger partial charge in [-0.1, -0.05) is 23.5 Å². The van der Waals surface area contributed by atoms with Crippen LogP contribution in [0.2, 0.25) is 0 Å². The predicted octanol–water partition coefficient (Wildman–Crippen LogP) is 2.78. The number of nitrogens with one attached hydrogen (secondary N) is 1. The van der Waals surface area contributed by atoms with Gasteiger partial charge in [-0.25, -0.2) is 14.4 Å². The SMILES string of the molecule is O=C(Cn1cnc2ccc(F)cc2c1=O)Nc1nc2ccccc2s1. The Labute approximate surface area is 144 Å². The molecule has 0 spiro atoms. The summed E-state index contributed by atoms with van der Waals surface area (Å²) >= 11 is 1.35. The number of fused-ring (bicyclic) bond motifs is 2. The first kappa shape index (κ1) is 15.4. The summed E-state index contributed by atoms with van der Waals surface area (Å²) in [7, 11) is 0. The maximum absolute atomic E-state index is 13.3. The summed E-state index contributed by atoms with van der Waals surface area (Å²) in [6.45, 7) is -0.228. The number of hydrogen-bond acceptors (Lipinski definition) is 5. The van der Waals surface area contributed by atoms with Gasteiger partial charge in [-0.05, 0) is 30.3 Å². The average molecular weight is 354 g/mol. The molecule has 0 saturated carbocycles. The van der Waals surface area contributed by atoms with Gasteiger partial charge in [-0.3, -0.25) is 14.2 Å². The van der Waals surface area contributed by atoms with E-state index in [1.807, 2.05) is 24.3 Å². The summed E-state index contributed by atoms with van der Waals surface area (Å²) in [5, 5.41) is 3.27. The van der Waals surface area contributed by atoms with Crippen molar-refractivity contribution < 1.29 is 9.18 Å². The van der Waals surface area contributed by atoms with Crippen molar-refractivity contribution in [3.8, 4) is 0 Å². The van der Waals surface area contributed by atoms with Gasteiger partial charge >= 0.3 is 0 Å². The molecule has 8 heteroatoms. The van der Waals surface area contributed by atoms with Crippen LogP contribution in [0.15, 0.2) is 53.6 Å². The normalized spacial score (nSPS) is 11.1. The Balaban J connectivity index is 1.59. The van der Waals surface area contributed by atoms with Crippen molar-refractivity contribution in [3.63, 3.8) is 0 Å². The second-order valence-corrected chi connectivity index (χ2v) is 6.40. The molecule has 0 saturated heterocycles. The lowest BCUT2D eigenvalue weighted by molar-refractivity contribution is -0.116. The first-order valence-corrected chi connectivity index (χ1v) is 8.22. The number of halogens is 1. The van der Waals surface area contributed by atoms with Crippen LogP contribution in [0, 0.1) is 5.82 Å². The minimum absolute atomic E-state index is 0.135. The molecule has 0 aliphatic heterocycles. The third-order valence-corrected chi connectivity index (χ3v) is 4.59. The summed E-state index contributed by atoms with van der Waals surface area (Å²) in [4.78, 5) is 33.0. The molecule has 0 radical (unpaired) electrons. The van der Waals surface area contributed by atoms with Gasteiger partial charge in [0.1, 0.15) is 12.4 Å². The number of anilines is 1. The number of hydrogen-bond donors (Lipinski definition) is 1. The fraction of sp³-hybridized carbons (Fsp3) is 0.0588. The smallest absolute Gasteiger partial charge is 0.261 e. The van der Waals surface area contributed by atoms with Gasteiger partial charge < -0.3 is 5.32 Å². The van der Waals surface area contributed by atoms with Crippen molar-refractivity contribution in [3.05, 3.63) is 65.0 Å². The maximum atomic E-state index is 13.3. The highest BCUT2D eigenvalue weighted by atomic mass is 32.1. The molecule has 2 heterocycles. The highest BCUT2D eigenvalue weighted by molar-refractivity contribution is 7.22. The minimum Gasteiger partial charge on any atom is -0.300 e. The van der Waals surface area contributed by atoms with Crippen LogP contribution < -0.4 is 10.9 Å². The number of para-hydroxylation sites is 1. The molecule has 0 aliphatic carbocycles. The zero-order chi connectivity index (χ0) is 17.4. The molecule has 0 aliphatic rings. The molecule has 124 valence electrons. The van der Waals surface area contributed by atoms with Gasteiger partial charge in [-0.2, -0.15) is 0 Å². The summed E-state index contributed by atoms with van der Waals surface area (Å²) < 4.78 is 15.4. The topological polar surface area (TPSA) is 76.9 Å². The van der Waals surface area contributed by atoms with E-state index in [1.165, 1.54) is 29.8 Å².